The lowest BCUT2D eigenvalue weighted by Gasteiger charge is -2.42. The normalized spacial score (nSPS) is 18.7. The number of nitrogen functional groups attached to an aromatic ring is 1. The topological polar surface area (TPSA) is 88.1 Å². The van der Waals surface area contributed by atoms with Crippen LogP contribution in [-0.2, 0) is 4.74 Å². The van der Waals surface area contributed by atoms with Crippen LogP contribution in [0.15, 0.2) is 6.07 Å². The van der Waals surface area contributed by atoms with Crippen LogP contribution in [-0.4, -0.2) is 41.1 Å². The number of rotatable bonds is 2. The fourth-order valence-corrected chi connectivity index (χ4v) is 2.04. The van der Waals surface area contributed by atoms with E-state index in [-0.39, 0.29) is 11.4 Å². The maximum Gasteiger partial charge on any atom is 0.226 e. The molecule has 1 saturated heterocycles. The number of nitrogens with zero attached hydrogens (tertiary/aromatic N) is 3. The zero-order chi connectivity index (χ0) is 13.3. The molecule has 0 radical (unpaired) electrons. The standard InChI is InChI=1S/C12H19N5O/c1-8-6-9(10(13)14)16-11(15-8)17-4-5-18-7-12(17,2)3/h6H,4-5,7H2,1-3H3,(H3,13,14). The molecule has 0 amide bonds. The van der Waals surface area contributed by atoms with Crippen molar-refractivity contribution in [2.45, 2.75) is 26.3 Å². The molecule has 6 nitrogen and oxygen atoms in total. The van der Waals surface area contributed by atoms with Crippen molar-refractivity contribution in [2.75, 3.05) is 24.7 Å². The number of aromatic nitrogens is 2. The SMILES string of the molecule is Cc1cc(C(=N)N)nc(N2CCOCC2(C)C)n1. The largest absolute Gasteiger partial charge is 0.382 e. The fourth-order valence-electron chi connectivity index (χ4n) is 2.04. The van der Waals surface area contributed by atoms with E-state index in [4.69, 9.17) is 15.9 Å². The minimum Gasteiger partial charge on any atom is -0.382 e. The summed E-state index contributed by atoms with van der Waals surface area (Å²) in [5.74, 6) is 0.585. The predicted molar refractivity (Wildman–Crippen MR) is 70.0 cm³/mol. The second-order valence-electron chi connectivity index (χ2n) is 5.12. The third-order valence-electron chi connectivity index (χ3n) is 3.00. The number of aryl methyl sites for hydroxylation is 1. The molecule has 0 unspecified atom stereocenters. The molecule has 0 bridgehead atoms. The molecule has 0 aromatic carbocycles. The summed E-state index contributed by atoms with van der Waals surface area (Å²) in [7, 11) is 0. The Hall–Kier alpha value is -1.69. The number of ether oxygens (including phenoxy) is 1. The van der Waals surface area contributed by atoms with Crippen molar-refractivity contribution in [3.8, 4) is 0 Å². The number of hydrogen-bond acceptors (Lipinski definition) is 5. The molecule has 1 aromatic rings. The van der Waals surface area contributed by atoms with Gasteiger partial charge in [-0.25, -0.2) is 9.97 Å². The Morgan fingerprint density at radius 1 is 1.50 bits per heavy atom. The van der Waals surface area contributed by atoms with Crippen LogP contribution in [0.3, 0.4) is 0 Å². The van der Waals surface area contributed by atoms with Crippen molar-refractivity contribution in [1.82, 2.24) is 9.97 Å². The fraction of sp³-hybridized carbons (Fsp3) is 0.583. The molecule has 1 aliphatic rings. The molecular weight excluding hydrogens is 230 g/mol. The van der Waals surface area contributed by atoms with E-state index in [0.717, 1.165) is 12.2 Å². The Morgan fingerprint density at radius 2 is 2.22 bits per heavy atom. The Kier molecular flexibility index (Phi) is 3.21. The van der Waals surface area contributed by atoms with Gasteiger partial charge in [-0.05, 0) is 26.8 Å². The highest BCUT2D eigenvalue weighted by molar-refractivity contribution is 5.93. The van der Waals surface area contributed by atoms with E-state index < -0.39 is 0 Å². The van der Waals surface area contributed by atoms with Crippen molar-refractivity contribution < 1.29 is 4.74 Å². The Morgan fingerprint density at radius 3 is 2.83 bits per heavy atom. The number of hydrogen-bond donors (Lipinski definition) is 2. The zero-order valence-electron chi connectivity index (χ0n) is 11.0. The number of nitrogens with two attached hydrogens (primary N) is 1. The summed E-state index contributed by atoms with van der Waals surface area (Å²) in [5.41, 5.74) is 6.63. The maximum atomic E-state index is 7.49. The van der Waals surface area contributed by atoms with Gasteiger partial charge in [0.05, 0.1) is 18.8 Å². The lowest BCUT2D eigenvalue weighted by molar-refractivity contribution is 0.0633. The van der Waals surface area contributed by atoms with Crippen LogP contribution in [0.2, 0.25) is 0 Å². The van der Waals surface area contributed by atoms with Crippen LogP contribution < -0.4 is 10.6 Å². The number of amidine groups is 1. The zero-order valence-corrected chi connectivity index (χ0v) is 11.0. The van der Waals surface area contributed by atoms with Crippen LogP contribution in [0.4, 0.5) is 5.95 Å². The molecule has 0 saturated carbocycles. The van der Waals surface area contributed by atoms with E-state index >= 15 is 0 Å². The highest BCUT2D eigenvalue weighted by atomic mass is 16.5. The Bertz CT molecular complexity index is 472. The molecule has 2 heterocycles. The summed E-state index contributed by atoms with van der Waals surface area (Å²) in [6, 6.07) is 1.72. The molecule has 18 heavy (non-hydrogen) atoms. The smallest absolute Gasteiger partial charge is 0.226 e. The molecule has 0 spiro atoms. The molecule has 1 fully saturated rings. The summed E-state index contributed by atoms with van der Waals surface area (Å²) < 4.78 is 5.48. The minimum absolute atomic E-state index is 0.0344. The first-order valence-electron chi connectivity index (χ1n) is 5.95. The first-order chi connectivity index (χ1) is 8.40. The quantitative estimate of drug-likeness (QED) is 0.594. The molecule has 2 rings (SSSR count). The van der Waals surface area contributed by atoms with Gasteiger partial charge in [-0.3, -0.25) is 5.41 Å². The molecule has 1 aliphatic heterocycles. The molecule has 1 aromatic heterocycles. The first kappa shape index (κ1) is 12.8. The summed E-state index contributed by atoms with van der Waals surface area (Å²) >= 11 is 0. The average Bonchev–Trinajstić information content (AvgIpc) is 2.27. The van der Waals surface area contributed by atoms with Crippen LogP contribution in [0.5, 0.6) is 0 Å². The first-order valence-corrected chi connectivity index (χ1v) is 5.95. The Labute approximate surface area is 107 Å². The van der Waals surface area contributed by atoms with Gasteiger partial charge in [0.1, 0.15) is 11.5 Å². The number of nitrogens with one attached hydrogen (secondary N) is 1. The summed E-state index contributed by atoms with van der Waals surface area (Å²) in [4.78, 5) is 10.9. The van der Waals surface area contributed by atoms with Crippen molar-refractivity contribution in [3.63, 3.8) is 0 Å². The van der Waals surface area contributed by atoms with E-state index in [2.05, 4.69) is 28.7 Å². The van der Waals surface area contributed by atoms with Gasteiger partial charge in [-0.1, -0.05) is 0 Å². The van der Waals surface area contributed by atoms with Gasteiger partial charge < -0.3 is 15.4 Å². The summed E-state index contributed by atoms with van der Waals surface area (Å²) in [6.45, 7) is 8.10. The lowest BCUT2D eigenvalue weighted by atomic mass is 10.0. The van der Waals surface area contributed by atoms with Crippen molar-refractivity contribution in [3.05, 3.63) is 17.5 Å². The van der Waals surface area contributed by atoms with Crippen LogP contribution in [0, 0.1) is 12.3 Å². The number of morpholine rings is 1. The van der Waals surface area contributed by atoms with Crippen LogP contribution in [0.1, 0.15) is 25.2 Å². The highest BCUT2D eigenvalue weighted by Crippen LogP contribution is 2.24. The molecule has 0 atom stereocenters. The lowest BCUT2D eigenvalue weighted by Crippen LogP contribution is -2.54. The predicted octanol–water partition coefficient (Wildman–Crippen LogP) is 0.684. The second-order valence-corrected chi connectivity index (χ2v) is 5.12. The van der Waals surface area contributed by atoms with Crippen molar-refractivity contribution in [1.29, 1.82) is 5.41 Å². The van der Waals surface area contributed by atoms with E-state index in [1.165, 1.54) is 0 Å². The van der Waals surface area contributed by atoms with E-state index in [9.17, 15) is 0 Å². The second kappa shape index (κ2) is 4.53. The van der Waals surface area contributed by atoms with E-state index in [1.54, 1.807) is 6.07 Å². The molecule has 3 N–H and O–H groups in total. The van der Waals surface area contributed by atoms with E-state index in [0.29, 0.717) is 24.9 Å². The third-order valence-corrected chi connectivity index (χ3v) is 3.00. The molecule has 0 aliphatic carbocycles. The Balaban J connectivity index is 2.40. The van der Waals surface area contributed by atoms with Gasteiger partial charge in [-0.15, -0.1) is 0 Å². The van der Waals surface area contributed by atoms with Gasteiger partial charge in [-0.2, -0.15) is 0 Å². The van der Waals surface area contributed by atoms with Crippen molar-refractivity contribution in [2.24, 2.45) is 5.73 Å². The van der Waals surface area contributed by atoms with E-state index in [1.807, 2.05) is 6.92 Å². The summed E-state index contributed by atoms with van der Waals surface area (Å²) in [6.07, 6.45) is 0. The monoisotopic (exact) mass is 249 g/mol. The average molecular weight is 249 g/mol. The van der Waals surface area contributed by atoms with Gasteiger partial charge >= 0.3 is 0 Å². The number of anilines is 1. The maximum absolute atomic E-state index is 7.49. The minimum atomic E-state index is -0.153. The van der Waals surface area contributed by atoms with Crippen LogP contribution >= 0.6 is 0 Å². The van der Waals surface area contributed by atoms with Gasteiger partial charge in [0.2, 0.25) is 5.95 Å². The third kappa shape index (κ3) is 2.43. The molecule has 98 valence electrons. The van der Waals surface area contributed by atoms with Gasteiger partial charge in [0.15, 0.2) is 0 Å². The van der Waals surface area contributed by atoms with Crippen LogP contribution in [0.25, 0.3) is 0 Å². The molecule has 6 heteroatoms. The van der Waals surface area contributed by atoms with Gasteiger partial charge in [0.25, 0.3) is 0 Å². The highest BCUT2D eigenvalue weighted by Gasteiger charge is 2.32. The van der Waals surface area contributed by atoms with Crippen molar-refractivity contribution >= 4 is 11.8 Å². The molecular formula is C12H19N5O. The summed E-state index contributed by atoms with van der Waals surface area (Å²) in [5, 5.41) is 7.49. The van der Waals surface area contributed by atoms with Gasteiger partial charge in [0, 0.05) is 12.2 Å².